The first-order valence-corrected chi connectivity index (χ1v) is 7.80. The summed E-state index contributed by atoms with van der Waals surface area (Å²) in [4.78, 5) is 1.63. The van der Waals surface area contributed by atoms with E-state index >= 15 is 0 Å². The van der Waals surface area contributed by atoms with Gasteiger partial charge in [0, 0.05) is 6.42 Å². The van der Waals surface area contributed by atoms with Crippen molar-refractivity contribution in [1.29, 1.82) is 0 Å². The first-order chi connectivity index (χ1) is 10.7. The summed E-state index contributed by atoms with van der Waals surface area (Å²) >= 11 is 0. The number of aliphatic hydroxyl groups excluding tert-OH is 1. The van der Waals surface area contributed by atoms with E-state index in [-0.39, 0.29) is 6.10 Å². The molecular formula is C16H22N4O2. The van der Waals surface area contributed by atoms with Gasteiger partial charge in [-0.1, -0.05) is 12.1 Å². The van der Waals surface area contributed by atoms with Crippen molar-refractivity contribution in [2.45, 2.75) is 44.8 Å². The van der Waals surface area contributed by atoms with Crippen molar-refractivity contribution in [1.82, 2.24) is 20.2 Å². The predicted octanol–water partition coefficient (Wildman–Crippen LogP) is 1.82. The van der Waals surface area contributed by atoms with Crippen molar-refractivity contribution in [3.05, 3.63) is 35.7 Å². The standard InChI is InChI=1S/C16H22N4O2/c1-22-15-8-4-13(5-9-15)11-20-18-16(17-19-20)10-12-2-6-14(21)7-3-12/h4-5,8-9,12,14,21H,2-3,6-7,10-11H2,1H3. The van der Waals surface area contributed by atoms with E-state index in [0.29, 0.717) is 12.5 Å². The average molecular weight is 302 g/mol. The maximum absolute atomic E-state index is 9.54. The number of aromatic nitrogens is 4. The predicted molar refractivity (Wildman–Crippen MR) is 81.6 cm³/mol. The van der Waals surface area contributed by atoms with E-state index in [1.807, 2.05) is 24.3 Å². The molecule has 1 heterocycles. The number of tetrazole rings is 1. The van der Waals surface area contributed by atoms with Crippen molar-refractivity contribution < 1.29 is 9.84 Å². The van der Waals surface area contributed by atoms with Crippen LogP contribution in [-0.2, 0) is 13.0 Å². The second kappa shape index (κ2) is 6.87. The molecule has 3 rings (SSSR count). The summed E-state index contributed by atoms with van der Waals surface area (Å²) in [5.41, 5.74) is 1.12. The lowest BCUT2D eigenvalue weighted by atomic mass is 9.85. The Kier molecular flexibility index (Phi) is 4.68. The zero-order valence-corrected chi connectivity index (χ0v) is 12.9. The molecule has 118 valence electrons. The highest BCUT2D eigenvalue weighted by Crippen LogP contribution is 2.26. The Balaban J connectivity index is 1.56. The molecule has 1 aliphatic carbocycles. The molecule has 1 fully saturated rings. The molecule has 0 radical (unpaired) electrons. The molecule has 0 bridgehead atoms. The number of nitrogens with zero attached hydrogens (tertiary/aromatic N) is 4. The Morgan fingerprint density at radius 1 is 1.18 bits per heavy atom. The summed E-state index contributed by atoms with van der Waals surface area (Å²) in [5, 5.41) is 22.3. The van der Waals surface area contributed by atoms with Crippen LogP contribution in [-0.4, -0.2) is 38.5 Å². The van der Waals surface area contributed by atoms with Crippen molar-refractivity contribution in [3.63, 3.8) is 0 Å². The van der Waals surface area contributed by atoms with Crippen LogP contribution >= 0.6 is 0 Å². The molecule has 1 N–H and O–H groups in total. The fourth-order valence-electron chi connectivity index (χ4n) is 2.93. The van der Waals surface area contributed by atoms with Gasteiger partial charge in [-0.2, -0.15) is 4.80 Å². The van der Waals surface area contributed by atoms with Crippen LogP contribution in [0.5, 0.6) is 5.75 Å². The van der Waals surface area contributed by atoms with Gasteiger partial charge >= 0.3 is 0 Å². The lowest BCUT2D eigenvalue weighted by Gasteiger charge is -2.24. The summed E-state index contributed by atoms with van der Waals surface area (Å²) in [7, 11) is 1.66. The van der Waals surface area contributed by atoms with Crippen molar-refractivity contribution in [2.75, 3.05) is 7.11 Å². The highest BCUT2D eigenvalue weighted by Gasteiger charge is 2.21. The fourth-order valence-corrected chi connectivity index (χ4v) is 2.93. The van der Waals surface area contributed by atoms with Gasteiger partial charge in [0.25, 0.3) is 0 Å². The van der Waals surface area contributed by atoms with Crippen LogP contribution in [0.3, 0.4) is 0 Å². The summed E-state index contributed by atoms with van der Waals surface area (Å²) in [5.74, 6) is 2.22. The number of aliphatic hydroxyl groups is 1. The highest BCUT2D eigenvalue weighted by atomic mass is 16.5. The van der Waals surface area contributed by atoms with E-state index in [1.165, 1.54) is 0 Å². The Hall–Kier alpha value is -1.95. The lowest BCUT2D eigenvalue weighted by Crippen LogP contribution is -2.20. The first kappa shape index (κ1) is 15.0. The molecule has 2 aromatic rings. The Labute approximate surface area is 130 Å². The molecule has 0 atom stereocenters. The number of rotatable bonds is 5. The minimum Gasteiger partial charge on any atom is -0.497 e. The lowest BCUT2D eigenvalue weighted by molar-refractivity contribution is 0.108. The van der Waals surface area contributed by atoms with Crippen molar-refractivity contribution in [2.24, 2.45) is 5.92 Å². The molecule has 22 heavy (non-hydrogen) atoms. The third-order valence-electron chi connectivity index (χ3n) is 4.26. The quantitative estimate of drug-likeness (QED) is 0.912. The van der Waals surface area contributed by atoms with Gasteiger partial charge in [-0.05, 0) is 54.5 Å². The smallest absolute Gasteiger partial charge is 0.175 e. The third-order valence-corrected chi connectivity index (χ3v) is 4.26. The maximum Gasteiger partial charge on any atom is 0.175 e. The monoisotopic (exact) mass is 302 g/mol. The minimum absolute atomic E-state index is 0.116. The molecule has 1 saturated carbocycles. The molecular weight excluding hydrogens is 280 g/mol. The van der Waals surface area contributed by atoms with E-state index in [4.69, 9.17) is 4.74 Å². The molecule has 1 aromatic heterocycles. The molecule has 1 aromatic carbocycles. The number of ether oxygens (including phenoxy) is 1. The van der Waals surface area contributed by atoms with Crippen molar-refractivity contribution >= 4 is 0 Å². The van der Waals surface area contributed by atoms with Gasteiger partial charge in [-0.3, -0.25) is 0 Å². The molecule has 0 amide bonds. The molecule has 0 unspecified atom stereocenters. The zero-order valence-electron chi connectivity index (χ0n) is 12.9. The van der Waals surface area contributed by atoms with E-state index in [2.05, 4.69) is 15.4 Å². The van der Waals surface area contributed by atoms with E-state index in [0.717, 1.165) is 49.2 Å². The maximum atomic E-state index is 9.54. The van der Waals surface area contributed by atoms with E-state index in [1.54, 1.807) is 11.9 Å². The van der Waals surface area contributed by atoms with Gasteiger partial charge in [0.1, 0.15) is 5.75 Å². The third kappa shape index (κ3) is 3.82. The molecule has 0 spiro atoms. The van der Waals surface area contributed by atoms with Gasteiger partial charge in [0.2, 0.25) is 0 Å². The van der Waals surface area contributed by atoms with Gasteiger partial charge in [0.15, 0.2) is 5.82 Å². The van der Waals surface area contributed by atoms with Gasteiger partial charge in [0.05, 0.1) is 19.8 Å². The normalized spacial score (nSPS) is 21.7. The van der Waals surface area contributed by atoms with Crippen LogP contribution in [0.1, 0.15) is 37.1 Å². The van der Waals surface area contributed by atoms with Crippen LogP contribution in [0.25, 0.3) is 0 Å². The summed E-state index contributed by atoms with van der Waals surface area (Å²) < 4.78 is 5.15. The number of methoxy groups -OCH3 is 1. The average Bonchev–Trinajstić information content (AvgIpc) is 2.97. The largest absolute Gasteiger partial charge is 0.497 e. The minimum atomic E-state index is -0.116. The molecule has 6 heteroatoms. The summed E-state index contributed by atoms with van der Waals surface area (Å²) in [6, 6.07) is 7.87. The van der Waals surface area contributed by atoms with E-state index < -0.39 is 0 Å². The topological polar surface area (TPSA) is 73.1 Å². The molecule has 6 nitrogen and oxygen atoms in total. The fraction of sp³-hybridized carbons (Fsp3) is 0.562. The van der Waals surface area contributed by atoms with Crippen LogP contribution in [0.2, 0.25) is 0 Å². The second-order valence-electron chi connectivity index (χ2n) is 5.96. The SMILES string of the molecule is COc1ccc(Cn2nnc(CC3CCC(O)CC3)n2)cc1. The van der Waals surface area contributed by atoms with E-state index in [9.17, 15) is 5.11 Å². The van der Waals surface area contributed by atoms with Crippen LogP contribution in [0, 0.1) is 5.92 Å². The number of hydrogen-bond acceptors (Lipinski definition) is 5. The summed E-state index contributed by atoms with van der Waals surface area (Å²) in [6.45, 7) is 0.611. The summed E-state index contributed by atoms with van der Waals surface area (Å²) in [6.07, 6.45) is 4.63. The highest BCUT2D eigenvalue weighted by molar-refractivity contribution is 5.27. The molecule has 0 aliphatic heterocycles. The molecule has 1 aliphatic rings. The van der Waals surface area contributed by atoms with Crippen LogP contribution < -0.4 is 4.74 Å². The zero-order chi connectivity index (χ0) is 15.4. The number of hydrogen-bond donors (Lipinski definition) is 1. The van der Waals surface area contributed by atoms with Gasteiger partial charge in [-0.25, -0.2) is 0 Å². The van der Waals surface area contributed by atoms with Gasteiger partial charge < -0.3 is 9.84 Å². The Bertz CT molecular complexity index is 588. The van der Waals surface area contributed by atoms with Gasteiger partial charge in [-0.15, -0.1) is 10.2 Å². The Morgan fingerprint density at radius 2 is 1.91 bits per heavy atom. The van der Waals surface area contributed by atoms with Crippen molar-refractivity contribution in [3.8, 4) is 5.75 Å². The number of benzene rings is 1. The van der Waals surface area contributed by atoms with Crippen LogP contribution in [0.4, 0.5) is 0 Å². The second-order valence-corrected chi connectivity index (χ2v) is 5.96. The van der Waals surface area contributed by atoms with Crippen LogP contribution in [0.15, 0.2) is 24.3 Å². The Morgan fingerprint density at radius 3 is 2.59 bits per heavy atom. The molecule has 0 saturated heterocycles. The first-order valence-electron chi connectivity index (χ1n) is 7.80.